The summed E-state index contributed by atoms with van der Waals surface area (Å²) in [5, 5.41) is 0. The SMILES string of the molecule is CN(Cc1cccnc1)C(=O)c1cnc(-c2ccccc2)nc1. The first-order valence-corrected chi connectivity index (χ1v) is 7.26. The zero-order chi connectivity index (χ0) is 16.1. The number of hydrogen-bond acceptors (Lipinski definition) is 4. The lowest BCUT2D eigenvalue weighted by Gasteiger charge is -2.16. The van der Waals surface area contributed by atoms with Gasteiger partial charge in [0.05, 0.1) is 5.56 Å². The van der Waals surface area contributed by atoms with Crippen molar-refractivity contribution in [3.8, 4) is 11.4 Å². The van der Waals surface area contributed by atoms with E-state index in [2.05, 4.69) is 15.0 Å². The number of carbonyl (C=O) groups is 1. The molecule has 2 aromatic heterocycles. The fourth-order valence-corrected chi connectivity index (χ4v) is 2.23. The first-order chi connectivity index (χ1) is 11.2. The van der Waals surface area contributed by atoms with Crippen LogP contribution in [-0.4, -0.2) is 32.8 Å². The molecule has 1 amide bonds. The van der Waals surface area contributed by atoms with Crippen LogP contribution in [-0.2, 0) is 6.54 Å². The van der Waals surface area contributed by atoms with Crippen LogP contribution in [0, 0.1) is 0 Å². The maximum absolute atomic E-state index is 12.4. The molecule has 0 aliphatic rings. The fraction of sp³-hybridized carbons (Fsp3) is 0.111. The molecule has 3 rings (SSSR count). The molecule has 0 radical (unpaired) electrons. The Kier molecular flexibility index (Phi) is 4.38. The Hall–Kier alpha value is -3.08. The van der Waals surface area contributed by atoms with E-state index in [1.807, 2.05) is 42.5 Å². The molecular weight excluding hydrogens is 288 g/mol. The van der Waals surface area contributed by atoms with Crippen molar-refractivity contribution >= 4 is 5.91 Å². The predicted molar refractivity (Wildman–Crippen MR) is 87.5 cm³/mol. The Morgan fingerprint density at radius 1 is 1.00 bits per heavy atom. The highest BCUT2D eigenvalue weighted by molar-refractivity contribution is 5.93. The molecule has 5 nitrogen and oxygen atoms in total. The lowest BCUT2D eigenvalue weighted by Crippen LogP contribution is -2.26. The Morgan fingerprint density at radius 2 is 1.74 bits per heavy atom. The highest BCUT2D eigenvalue weighted by Gasteiger charge is 2.13. The van der Waals surface area contributed by atoms with Gasteiger partial charge in [0.25, 0.3) is 5.91 Å². The summed E-state index contributed by atoms with van der Waals surface area (Å²) in [6.07, 6.45) is 6.59. The lowest BCUT2D eigenvalue weighted by atomic mass is 10.2. The molecule has 2 heterocycles. The third kappa shape index (κ3) is 3.58. The summed E-state index contributed by atoms with van der Waals surface area (Å²) in [6, 6.07) is 13.5. The molecule has 0 unspecified atom stereocenters. The van der Waals surface area contributed by atoms with Crippen molar-refractivity contribution in [3.05, 3.63) is 78.4 Å². The van der Waals surface area contributed by atoms with Crippen LogP contribution in [0.15, 0.2) is 67.3 Å². The summed E-state index contributed by atoms with van der Waals surface area (Å²) in [5.74, 6) is 0.491. The van der Waals surface area contributed by atoms with Crippen LogP contribution in [0.3, 0.4) is 0 Å². The minimum absolute atomic E-state index is 0.117. The summed E-state index contributed by atoms with van der Waals surface area (Å²) in [6.45, 7) is 0.493. The molecule has 0 spiro atoms. The zero-order valence-corrected chi connectivity index (χ0v) is 12.8. The molecule has 0 fully saturated rings. The van der Waals surface area contributed by atoms with Gasteiger partial charge in [0.15, 0.2) is 5.82 Å². The van der Waals surface area contributed by atoms with Crippen molar-refractivity contribution in [3.63, 3.8) is 0 Å². The fourth-order valence-electron chi connectivity index (χ4n) is 2.23. The van der Waals surface area contributed by atoms with Gasteiger partial charge in [-0.05, 0) is 11.6 Å². The Bertz CT molecular complexity index is 773. The van der Waals surface area contributed by atoms with Crippen molar-refractivity contribution < 1.29 is 4.79 Å². The van der Waals surface area contributed by atoms with E-state index >= 15 is 0 Å². The topological polar surface area (TPSA) is 59.0 Å². The smallest absolute Gasteiger partial charge is 0.257 e. The molecule has 0 atom stereocenters. The summed E-state index contributed by atoms with van der Waals surface area (Å²) < 4.78 is 0. The van der Waals surface area contributed by atoms with Crippen molar-refractivity contribution in [2.75, 3.05) is 7.05 Å². The van der Waals surface area contributed by atoms with E-state index in [-0.39, 0.29) is 5.91 Å². The van der Waals surface area contributed by atoms with Crippen LogP contribution in [0.4, 0.5) is 0 Å². The molecule has 23 heavy (non-hydrogen) atoms. The van der Waals surface area contributed by atoms with Gasteiger partial charge in [0.1, 0.15) is 0 Å². The molecule has 0 saturated carbocycles. The maximum Gasteiger partial charge on any atom is 0.257 e. The van der Waals surface area contributed by atoms with Crippen molar-refractivity contribution in [2.45, 2.75) is 6.54 Å². The van der Waals surface area contributed by atoms with Gasteiger partial charge in [-0.2, -0.15) is 0 Å². The van der Waals surface area contributed by atoms with Gasteiger partial charge < -0.3 is 4.90 Å². The molecule has 114 valence electrons. The van der Waals surface area contributed by atoms with Crippen molar-refractivity contribution in [2.24, 2.45) is 0 Å². The molecule has 0 aliphatic carbocycles. The van der Waals surface area contributed by atoms with E-state index in [1.54, 1.807) is 36.7 Å². The lowest BCUT2D eigenvalue weighted by molar-refractivity contribution is 0.0784. The highest BCUT2D eigenvalue weighted by atomic mass is 16.2. The van der Waals surface area contributed by atoms with E-state index < -0.39 is 0 Å². The molecule has 3 aromatic rings. The second-order valence-electron chi connectivity index (χ2n) is 5.18. The monoisotopic (exact) mass is 304 g/mol. The van der Waals surface area contributed by atoms with Crippen LogP contribution in [0.25, 0.3) is 11.4 Å². The van der Waals surface area contributed by atoms with Gasteiger partial charge in [0.2, 0.25) is 0 Å². The van der Waals surface area contributed by atoms with Gasteiger partial charge in [-0.25, -0.2) is 9.97 Å². The number of benzene rings is 1. The van der Waals surface area contributed by atoms with Crippen LogP contribution >= 0.6 is 0 Å². The average Bonchev–Trinajstić information content (AvgIpc) is 2.63. The van der Waals surface area contributed by atoms with E-state index in [9.17, 15) is 4.79 Å². The van der Waals surface area contributed by atoms with E-state index in [0.29, 0.717) is 17.9 Å². The molecule has 5 heteroatoms. The largest absolute Gasteiger partial charge is 0.337 e. The summed E-state index contributed by atoms with van der Waals surface area (Å²) >= 11 is 0. The Balaban J connectivity index is 1.72. The van der Waals surface area contributed by atoms with E-state index in [0.717, 1.165) is 11.1 Å². The Labute approximate surface area is 134 Å². The number of nitrogens with zero attached hydrogens (tertiary/aromatic N) is 4. The summed E-state index contributed by atoms with van der Waals surface area (Å²) in [4.78, 5) is 26.7. The molecule has 0 N–H and O–H groups in total. The summed E-state index contributed by atoms with van der Waals surface area (Å²) in [5.41, 5.74) is 2.37. The quantitative estimate of drug-likeness (QED) is 0.743. The average molecular weight is 304 g/mol. The number of amides is 1. The van der Waals surface area contributed by atoms with Crippen LogP contribution in [0.2, 0.25) is 0 Å². The minimum Gasteiger partial charge on any atom is -0.337 e. The maximum atomic E-state index is 12.4. The van der Waals surface area contributed by atoms with Crippen LogP contribution in [0.5, 0.6) is 0 Å². The number of rotatable bonds is 4. The summed E-state index contributed by atoms with van der Waals surface area (Å²) in [7, 11) is 1.75. The standard InChI is InChI=1S/C18H16N4O/c1-22(13-14-6-5-9-19-10-14)18(23)16-11-20-17(21-12-16)15-7-3-2-4-8-15/h2-12H,13H2,1H3. The van der Waals surface area contributed by atoms with E-state index in [1.165, 1.54) is 0 Å². The van der Waals surface area contributed by atoms with Gasteiger partial charge in [-0.15, -0.1) is 0 Å². The molecule has 0 aliphatic heterocycles. The van der Waals surface area contributed by atoms with Gasteiger partial charge in [0, 0.05) is 43.9 Å². The predicted octanol–water partition coefficient (Wildman–Crippen LogP) is 2.81. The molecule has 0 saturated heterocycles. The van der Waals surface area contributed by atoms with Crippen LogP contribution in [0.1, 0.15) is 15.9 Å². The van der Waals surface area contributed by atoms with Gasteiger partial charge in [-0.1, -0.05) is 36.4 Å². The van der Waals surface area contributed by atoms with Crippen molar-refractivity contribution in [1.82, 2.24) is 19.9 Å². The third-order valence-electron chi connectivity index (χ3n) is 3.42. The first-order valence-electron chi connectivity index (χ1n) is 7.26. The molecule has 0 bridgehead atoms. The first kappa shape index (κ1) is 14.8. The molecule has 1 aromatic carbocycles. The zero-order valence-electron chi connectivity index (χ0n) is 12.8. The number of pyridine rings is 1. The third-order valence-corrected chi connectivity index (χ3v) is 3.42. The molecular formula is C18H16N4O. The number of carbonyl (C=O) groups excluding carboxylic acids is 1. The highest BCUT2D eigenvalue weighted by Crippen LogP contribution is 2.14. The number of aromatic nitrogens is 3. The second-order valence-corrected chi connectivity index (χ2v) is 5.18. The van der Waals surface area contributed by atoms with Crippen molar-refractivity contribution in [1.29, 1.82) is 0 Å². The number of hydrogen-bond donors (Lipinski definition) is 0. The van der Waals surface area contributed by atoms with Gasteiger partial charge in [-0.3, -0.25) is 9.78 Å². The minimum atomic E-state index is -0.117. The van der Waals surface area contributed by atoms with Gasteiger partial charge >= 0.3 is 0 Å². The van der Waals surface area contributed by atoms with E-state index in [4.69, 9.17) is 0 Å². The Morgan fingerprint density at radius 3 is 2.39 bits per heavy atom. The second kappa shape index (κ2) is 6.79. The van der Waals surface area contributed by atoms with Crippen LogP contribution < -0.4 is 0 Å². The normalized spacial score (nSPS) is 10.3.